The summed E-state index contributed by atoms with van der Waals surface area (Å²) in [6.45, 7) is 2.11. The lowest BCUT2D eigenvalue weighted by Gasteiger charge is -2.09. The third-order valence-corrected chi connectivity index (χ3v) is 1.53. The van der Waals surface area contributed by atoms with Gasteiger partial charge in [-0.05, 0) is 6.92 Å². The number of esters is 1. The topological polar surface area (TPSA) is 55.8 Å². The van der Waals surface area contributed by atoms with E-state index in [2.05, 4.69) is 4.74 Å². The Morgan fingerprint density at radius 2 is 1.93 bits per heavy atom. The number of methoxy groups -OCH3 is 1. The number of carbonyl (C=O) groups is 2. The molecular weight excluding hydrogens is 198 g/mol. The van der Waals surface area contributed by atoms with Gasteiger partial charge in [0.25, 0.3) is 0 Å². The van der Waals surface area contributed by atoms with E-state index in [1.165, 1.54) is 13.3 Å². The molecule has 5 heteroatoms. The van der Waals surface area contributed by atoms with Gasteiger partial charge in [-0.1, -0.05) is 0 Å². The predicted molar refractivity (Wildman–Crippen MR) is 55.3 cm³/mol. The first kappa shape index (κ1) is 13.6. The molecule has 0 aliphatic heterocycles. The summed E-state index contributed by atoms with van der Waals surface area (Å²) in [4.78, 5) is 24.4. The molecule has 86 valence electrons. The molecular formula is C10H17NO4. The van der Waals surface area contributed by atoms with Crippen LogP contribution in [0.2, 0.25) is 0 Å². The van der Waals surface area contributed by atoms with Gasteiger partial charge in [-0.25, -0.2) is 4.79 Å². The fourth-order valence-electron chi connectivity index (χ4n) is 0.879. The van der Waals surface area contributed by atoms with Crippen LogP contribution in [0.1, 0.15) is 6.92 Å². The zero-order valence-corrected chi connectivity index (χ0v) is 9.57. The molecule has 0 unspecified atom stereocenters. The van der Waals surface area contributed by atoms with Gasteiger partial charge in [-0.15, -0.1) is 0 Å². The van der Waals surface area contributed by atoms with Crippen molar-refractivity contribution in [3.8, 4) is 0 Å². The molecule has 0 aromatic heterocycles. The summed E-state index contributed by atoms with van der Waals surface area (Å²) in [7, 11) is 4.67. The average molecular weight is 215 g/mol. The maximum Gasteiger partial charge on any atom is 0.343 e. The van der Waals surface area contributed by atoms with Crippen molar-refractivity contribution in [1.29, 1.82) is 0 Å². The normalized spacial score (nSPS) is 11.1. The van der Waals surface area contributed by atoms with Crippen LogP contribution in [0.3, 0.4) is 0 Å². The first-order valence-corrected chi connectivity index (χ1v) is 4.60. The van der Waals surface area contributed by atoms with Gasteiger partial charge in [0.15, 0.2) is 5.78 Å². The van der Waals surface area contributed by atoms with Crippen LogP contribution in [0, 0.1) is 0 Å². The standard InChI is InChI=1S/C10H17NO4/c1-5-15-7-9(12)8(6-11(2)3)10(13)14-4/h6H,5,7H2,1-4H3. The van der Waals surface area contributed by atoms with Gasteiger partial charge in [-0.2, -0.15) is 0 Å². The van der Waals surface area contributed by atoms with Gasteiger partial charge in [0, 0.05) is 26.9 Å². The number of hydrogen-bond donors (Lipinski definition) is 0. The molecule has 0 heterocycles. The van der Waals surface area contributed by atoms with E-state index in [0.29, 0.717) is 6.61 Å². The number of rotatable bonds is 6. The van der Waals surface area contributed by atoms with Crippen LogP contribution in [0.25, 0.3) is 0 Å². The summed E-state index contributed by atoms with van der Waals surface area (Å²) in [5.74, 6) is -1.02. The van der Waals surface area contributed by atoms with Crippen molar-refractivity contribution in [2.24, 2.45) is 0 Å². The number of ketones is 1. The van der Waals surface area contributed by atoms with Gasteiger partial charge >= 0.3 is 5.97 Å². The quantitative estimate of drug-likeness (QED) is 0.274. The molecule has 0 amide bonds. The number of ether oxygens (including phenoxy) is 2. The number of Topliss-reactive ketones (excluding diaryl/α,β-unsaturated/α-hetero) is 1. The largest absolute Gasteiger partial charge is 0.465 e. The zero-order valence-electron chi connectivity index (χ0n) is 9.57. The lowest BCUT2D eigenvalue weighted by Crippen LogP contribution is -2.21. The molecule has 0 aromatic carbocycles. The highest BCUT2D eigenvalue weighted by Gasteiger charge is 2.19. The molecule has 0 saturated carbocycles. The third-order valence-electron chi connectivity index (χ3n) is 1.53. The van der Waals surface area contributed by atoms with Crippen LogP contribution in [-0.4, -0.2) is 51.1 Å². The summed E-state index contributed by atoms with van der Waals surface area (Å²) >= 11 is 0. The minimum absolute atomic E-state index is 0.00375. The van der Waals surface area contributed by atoms with Crippen molar-refractivity contribution in [3.63, 3.8) is 0 Å². The molecule has 0 N–H and O–H groups in total. The van der Waals surface area contributed by atoms with E-state index in [9.17, 15) is 9.59 Å². The van der Waals surface area contributed by atoms with Gasteiger partial charge in [0.05, 0.1) is 7.11 Å². The first-order chi connectivity index (χ1) is 7.02. The Morgan fingerprint density at radius 1 is 1.33 bits per heavy atom. The Morgan fingerprint density at radius 3 is 2.33 bits per heavy atom. The molecule has 0 bridgehead atoms. The van der Waals surface area contributed by atoms with Gasteiger partial charge < -0.3 is 14.4 Å². The number of carbonyl (C=O) groups excluding carboxylic acids is 2. The molecule has 0 spiro atoms. The molecule has 0 radical (unpaired) electrons. The van der Waals surface area contributed by atoms with E-state index in [0.717, 1.165) is 0 Å². The SMILES string of the molecule is CCOCC(=O)C(=CN(C)C)C(=O)OC. The molecule has 0 aliphatic rings. The van der Waals surface area contributed by atoms with Gasteiger partial charge in [0.2, 0.25) is 0 Å². The molecule has 0 rings (SSSR count). The van der Waals surface area contributed by atoms with E-state index in [4.69, 9.17) is 4.74 Å². The highest BCUT2D eigenvalue weighted by atomic mass is 16.5. The molecule has 0 atom stereocenters. The Bertz CT molecular complexity index is 258. The summed E-state index contributed by atoms with van der Waals surface area (Å²) in [5, 5.41) is 0. The van der Waals surface area contributed by atoms with Crippen molar-refractivity contribution < 1.29 is 19.1 Å². The average Bonchev–Trinajstić information content (AvgIpc) is 2.21. The molecule has 0 saturated heterocycles. The maximum absolute atomic E-state index is 11.5. The fourth-order valence-corrected chi connectivity index (χ4v) is 0.879. The first-order valence-electron chi connectivity index (χ1n) is 4.60. The van der Waals surface area contributed by atoms with Crippen LogP contribution in [-0.2, 0) is 19.1 Å². The molecule has 15 heavy (non-hydrogen) atoms. The summed E-state index contributed by atoms with van der Waals surface area (Å²) in [6.07, 6.45) is 1.42. The minimum Gasteiger partial charge on any atom is -0.465 e. The number of hydrogen-bond acceptors (Lipinski definition) is 5. The van der Waals surface area contributed by atoms with Crippen molar-refractivity contribution in [1.82, 2.24) is 4.90 Å². The van der Waals surface area contributed by atoms with Crippen molar-refractivity contribution >= 4 is 11.8 Å². The molecule has 5 nitrogen and oxygen atoms in total. The zero-order chi connectivity index (χ0) is 11.8. The van der Waals surface area contributed by atoms with Crippen molar-refractivity contribution in [3.05, 3.63) is 11.8 Å². The van der Waals surface area contributed by atoms with Gasteiger partial charge in [0.1, 0.15) is 12.2 Å². The lowest BCUT2D eigenvalue weighted by molar-refractivity contribution is -0.138. The predicted octanol–water partition coefficient (Wildman–Crippen LogP) is 0.210. The third kappa shape index (κ3) is 5.17. The number of nitrogens with zero attached hydrogens (tertiary/aromatic N) is 1. The molecule has 0 fully saturated rings. The lowest BCUT2D eigenvalue weighted by atomic mass is 10.2. The smallest absolute Gasteiger partial charge is 0.343 e. The maximum atomic E-state index is 11.5. The second kappa shape index (κ2) is 7.00. The summed E-state index contributed by atoms with van der Waals surface area (Å²) in [5.41, 5.74) is -0.00375. The van der Waals surface area contributed by atoms with Crippen LogP contribution in [0.15, 0.2) is 11.8 Å². The monoisotopic (exact) mass is 215 g/mol. The molecule has 0 aliphatic carbocycles. The van der Waals surface area contributed by atoms with E-state index in [1.54, 1.807) is 25.9 Å². The van der Waals surface area contributed by atoms with E-state index in [1.807, 2.05) is 0 Å². The van der Waals surface area contributed by atoms with Crippen LogP contribution >= 0.6 is 0 Å². The van der Waals surface area contributed by atoms with Crippen LogP contribution in [0.5, 0.6) is 0 Å². The fraction of sp³-hybridized carbons (Fsp3) is 0.600. The minimum atomic E-state index is -0.645. The Kier molecular flexibility index (Phi) is 6.37. The van der Waals surface area contributed by atoms with E-state index < -0.39 is 5.97 Å². The van der Waals surface area contributed by atoms with Crippen molar-refractivity contribution in [2.75, 3.05) is 34.4 Å². The molecule has 0 aromatic rings. The van der Waals surface area contributed by atoms with E-state index >= 15 is 0 Å². The Hall–Kier alpha value is -1.36. The highest BCUT2D eigenvalue weighted by molar-refractivity contribution is 6.17. The Labute approximate surface area is 89.6 Å². The Balaban J connectivity index is 4.64. The highest BCUT2D eigenvalue weighted by Crippen LogP contribution is 2.01. The van der Waals surface area contributed by atoms with E-state index in [-0.39, 0.29) is 18.0 Å². The van der Waals surface area contributed by atoms with Crippen molar-refractivity contribution in [2.45, 2.75) is 6.92 Å². The summed E-state index contributed by atoms with van der Waals surface area (Å²) in [6, 6.07) is 0. The second-order valence-electron chi connectivity index (χ2n) is 3.06. The second-order valence-corrected chi connectivity index (χ2v) is 3.06. The van der Waals surface area contributed by atoms with Crippen LogP contribution < -0.4 is 0 Å². The van der Waals surface area contributed by atoms with Gasteiger partial charge in [-0.3, -0.25) is 4.79 Å². The summed E-state index contributed by atoms with van der Waals surface area (Å²) < 4.78 is 9.44. The van der Waals surface area contributed by atoms with Crippen LogP contribution in [0.4, 0.5) is 0 Å².